The average Bonchev–Trinajstić information content (AvgIpc) is 2.43. The van der Waals surface area contributed by atoms with Gasteiger partial charge in [0.05, 0.1) is 6.10 Å². The zero-order valence-electron chi connectivity index (χ0n) is 17.0. The van der Waals surface area contributed by atoms with Gasteiger partial charge < -0.3 is 9.84 Å². The van der Waals surface area contributed by atoms with Crippen molar-refractivity contribution in [3.63, 3.8) is 0 Å². The van der Waals surface area contributed by atoms with Crippen LogP contribution in [0.2, 0.25) is 16.6 Å². The highest BCUT2D eigenvalue weighted by molar-refractivity contribution is 6.90. The minimum atomic E-state index is -1.71. The topological polar surface area (TPSA) is 29.5 Å². The summed E-state index contributed by atoms with van der Waals surface area (Å²) in [6.45, 7) is 18.3. The van der Waals surface area contributed by atoms with Crippen molar-refractivity contribution in [2.45, 2.75) is 97.1 Å². The maximum absolute atomic E-state index is 10.0. The maximum atomic E-state index is 10.0. The standard InChI is InChI=1S/C21H38O2Si/c1-10-21(15-20(22)14-16(2)3)23-12-11-13-24(17(4)5,18(6)7)19(8)9/h1,16-22H,12,14-15H2,2-9H3/t20-,21-/m1/s1. The molecule has 2 nitrogen and oxygen atoms in total. The molecule has 0 bridgehead atoms. The fourth-order valence-electron chi connectivity index (χ4n) is 3.84. The van der Waals surface area contributed by atoms with Crippen LogP contribution in [0.15, 0.2) is 0 Å². The van der Waals surface area contributed by atoms with Crippen LogP contribution in [0.25, 0.3) is 0 Å². The Morgan fingerprint density at radius 2 is 1.42 bits per heavy atom. The van der Waals surface area contributed by atoms with Gasteiger partial charge in [0.15, 0.2) is 0 Å². The summed E-state index contributed by atoms with van der Waals surface area (Å²) in [6, 6.07) is 0. The molecule has 0 aromatic carbocycles. The second-order valence-corrected chi connectivity index (χ2v) is 13.8. The molecular formula is C21H38O2Si. The summed E-state index contributed by atoms with van der Waals surface area (Å²) < 4.78 is 5.73. The van der Waals surface area contributed by atoms with Crippen molar-refractivity contribution in [2.75, 3.05) is 6.61 Å². The molecule has 0 aliphatic heterocycles. The van der Waals surface area contributed by atoms with Gasteiger partial charge in [-0.25, -0.2) is 0 Å². The number of rotatable bonds is 9. The van der Waals surface area contributed by atoms with Crippen molar-refractivity contribution >= 4 is 8.07 Å². The SMILES string of the molecule is C#C[C@H](C[C@H](O)CC(C)C)OCC#C[Si](C(C)C)(C(C)C)C(C)C. The molecule has 0 fully saturated rings. The van der Waals surface area contributed by atoms with E-state index >= 15 is 0 Å². The van der Waals surface area contributed by atoms with Crippen molar-refractivity contribution in [2.24, 2.45) is 5.92 Å². The molecule has 0 amide bonds. The molecule has 0 saturated heterocycles. The highest BCUT2D eigenvalue weighted by Crippen LogP contribution is 2.40. The molecule has 0 aromatic rings. The van der Waals surface area contributed by atoms with Gasteiger partial charge in [0.25, 0.3) is 0 Å². The quantitative estimate of drug-likeness (QED) is 0.467. The van der Waals surface area contributed by atoms with Crippen LogP contribution in [-0.4, -0.2) is 32.0 Å². The lowest BCUT2D eigenvalue weighted by Crippen LogP contribution is -2.43. The van der Waals surface area contributed by atoms with Gasteiger partial charge in [-0.3, -0.25) is 0 Å². The van der Waals surface area contributed by atoms with E-state index in [1.165, 1.54) is 0 Å². The molecule has 2 atom stereocenters. The van der Waals surface area contributed by atoms with Gasteiger partial charge in [0, 0.05) is 6.42 Å². The summed E-state index contributed by atoms with van der Waals surface area (Å²) in [5, 5.41) is 10.0. The minimum absolute atomic E-state index is 0.351. The van der Waals surface area contributed by atoms with Crippen LogP contribution in [0.5, 0.6) is 0 Å². The van der Waals surface area contributed by atoms with Gasteiger partial charge in [-0.2, -0.15) is 0 Å². The number of hydrogen-bond acceptors (Lipinski definition) is 2. The summed E-state index contributed by atoms with van der Waals surface area (Å²) in [6.07, 6.45) is 6.00. The highest BCUT2D eigenvalue weighted by Gasteiger charge is 2.41. The molecule has 0 aromatic heterocycles. The molecule has 0 unspecified atom stereocenters. The van der Waals surface area contributed by atoms with E-state index in [2.05, 4.69) is 72.8 Å². The first kappa shape index (κ1) is 23.3. The zero-order chi connectivity index (χ0) is 18.9. The monoisotopic (exact) mass is 350 g/mol. The number of terminal acetylenes is 1. The van der Waals surface area contributed by atoms with Crippen molar-refractivity contribution < 1.29 is 9.84 Å². The van der Waals surface area contributed by atoms with E-state index in [0.717, 1.165) is 6.42 Å². The molecule has 24 heavy (non-hydrogen) atoms. The Morgan fingerprint density at radius 3 is 1.79 bits per heavy atom. The first-order valence-corrected chi connectivity index (χ1v) is 11.6. The maximum Gasteiger partial charge on any atom is 0.146 e. The largest absolute Gasteiger partial charge is 0.393 e. The van der Waals surface area contributed by atoms with Crippen molar-refractivity contribution in [1.29, 1.82) is 0 Å². The van der Waals surface area contributed by atoms with Gasteiger partial charge in [-0.1, -0.05) is 67.2 Å². The Bertz CT molecular complexity index is 427. The normalized spacial score (nSPS) is 14.7. The van der Waals surface area contributed by atoms with E-state index in [1.54, 1.807) is 0 Å². The zero-order valence-corrected chi connectivity index (χ0v) is 18.0. The van der Waals surface area contributed by atoms with Crippen molar-refractivity contribution in [3.8, 4) is 23.8 Å². The molecule has 1 N–H and O–H groups in total. The van der Waals surface area contributed by atoms with E-state index in [1.807, 2.05) is 0 Å². The van der Waals surface area contributed by atoms with Crippen LogP contribution in [0.4, 0.5) is 0 Å². The Morgan fingerprint density at radius 1 is 0.917 bits per heavy atom. The number of hydrogen-bond donors (Lipinski definition) is 1. The van der Waals surface area contributed by atoms with Gasteiger partial charge in [0.1, 0.15) is 20.8 Å². The molecule has 0 radical (unpaired) electrons. The third kappa shape index (κ3) is 7.02. The average molecular weight is 351 g/mol. The molecule has 0 aliphatic rings. The first-order valence-electron chi connectivity index (χ1n) is 9.33. The second kappa shape index (κ2) is 11.0. The number of aliphatic hydroxyl groups excluding tert-OH is 1. The second-order valence-electron chi connectivity index (χ2n) is 8.18. The van der Waals surface area contributed by atoms with Gasteiger partial charge in [-0.15, -0.1) is 12.0 Å². The summed E-state index contributed by atoms with van der Waals surface area (Å²) in [5.41, 5.74) is 5.47. The molecule has 0 aliphatic carbocycles. The Labute approximate surface area is 151 Å². The lowest BCUT2D eigenvalue weighted by atomic mass is 10.0. The molecule has 3 heteroatoms. The van der Waals surface area contributed by atoms with E-state index < -0.39 is 14.2 Å². The van der Waals surface area contributed by atoms with Gasteiger partial charge in [-0.05, 0) is 29.0 Å². The highest BCUT2D eigenvalue weighted by atomic mass is 28.3. The van der Waals surface area contributed by atoms with E-state index in [-0.39, 0.29) is 6.10 Å². The van der Waals surface area contributed by atoms with Crippen molar-refractivity contribution in [1.82, 2.24) is 0 Å². The Kier molecular flexibility index (Phi) is 10.6. The Hall–Kier alpha value is -0.743. The van der Waals surface area contributed by atoms with Gasteiger partial charge >= 0.3 is 0 Å². The number of aliphatic hydroxyl groups is 1. The molecular weight excluding hydrogens is 312 g/mol. The molecule has 0 saturated carbocycles. The third-order valence-corrected chi connectivity index (χ3v) is 11.3. The summed E-state index contributed by atoms with van der Waals surface area (Å²) in [7, 11) is -1.71. The summed E-state index contributed by atoms with van der Waals surface area (Å²) in [4.78, 5) is 0. The summed E-state index contributed by atoms with van der Waals surface area (Å²) >= 11 is 0. The van der Waals surface area contributed by atoms with E-state index in [9.17, 15) is 5.11 Å². The van der Waals surface area contributed by atoms with Crippen LogP contribution in [0.1, 0.15) is 68.2 Å². The molecule has 0 heterocycles. The first-order chi connectivity index (χ1) is 11.1. The summed E-state index contributed by atoms with van der Waals surface area (Å²) in [5.74, 6) is 6.35. The van der Waals surface area contributed by atoms with E-state index in [0.29, 0.717) is 35.6 Å². The molecule has 0 spiro atoms. The Balaban J connectivity index is 4.83. The third-order valence-electron chi connectivity index (χ3n) is 4.94. The smallest absolute Gasteiger partial charge is 0.146 e. The van der Waals surface area contributed by atoms with Gasteiger partial charge in [0.2, 0.25) is 0 Å². The lowest BCUT2D eigenvalue weighted by Gasteiger charge is -2.38. The van der Waals surface area contributed by atoms with Crippen LogP contribution in [0.3, 0.4) is 0 Å². The molecule has 138 valence electrons. The number of ether oxygens (including phenoxy) is 1. The van der Waals surface area contributed by atoms with E-state index in [4.69, 9.17) is 11.2 Å². The minimum Gasteiger partial charge on any atom is -0.393 e. The fraction of sp³-hybridized carbons (Fsp3) is 0.810. The predicted molar refractivity (Wildman–Crippen MR) is 107 cm³/mol. The predicted octanol–water partition coefficient (Wildman–Crippen LogP) is 5.02. The van der Waals surface area contributed by atoms with Crippen LogP contribution >= 0.6 is 0 Å². The van der Waals surface area contributed by atoms with Crippen LogP contribution < -0.4 is 0 Å². The van der Waals surface area contributed by atoms with Crippen molar-refractivity contribution in [3.05, 3.63) is 0 Å². The van der Waals surface area contributed by atoms with Crippen LogP contribution in [-0.2, 0) is 4.74 Å². The lowest BCUT2D eigenvalue weighted by molar-refractivity contribution is 0.0537. The van der Waals surface area contributed by atoms with Crippen LogP contribution in [0, 0.1) is 29.7 Å². The molecule has 0 rings (SSSR count). The fourth-order valence-corrected chi connectivity index (χ4v) is 9.08.